The van der Waals surface area contributed by atoms with E-state index in [-0.39, 0.29) is 13.2 Å². The summed E-state index contributed by atoms with van der Waals surface area (Å²) >= 11 is 0. The normalized spacial score (nSPS) is 11.3. The lowest BCUT2D eigenvalue weighted by Gasteiger charge is -2.43. The molecule has 198 valence electrons. The summed E-state index contributed by atoms with van der Waals surface area (Å²) in [6.07, 6.45) is 0. The standard InChI is InChI=1S/C34H32O5/c1-3-38-32(36)31(35)34(33(37)39-4-2,29(25-17-9-5-10-18-25)26-19-11-6-12-20-26)30(27-21-13-7-14-22-27)28-23-15-8-16-24-28/h5-24,29-30H,3-4H2,1-2H3. The number of ether oxygens (including phenoxy) is 2. The van der Waals surface area contributed by atoms with Crippen LogP contribution in [0.3, 0.4) is 0 Å². The molecule has 0 bridgehead atoms. The molecule has 0 N–H and O–H groups in total. The van der Waals surface area contributed by atoms with Crippen molar-refractivity contribution in [1.29, 1.82) is 0 Å². The van der Waals surface area contributed by atoms with Gasteiger partial charge >= 0.3 is 11.9 Å². The predicted molar refractivity (Wildman–Crippen MR) is 150 cm³/mol. The van der Waals surface area contributed by atoms with Crippen LogP contribution in [0.15, 0.2) is 121 Å². The van der Waals surface area contributed by atoms with Crippen LogP contribution in [0.1, 0.15) is 47.9 Å². The number of hydrogen-bond acceptors (Lipinski definition) is 5. The van der Waals surface area contributed by atoms with E-state index in [2.05, 4.69) is 0 Å². The molecule has 0 aromatic heterocycles. The molecule has 0 atom stereocenters. The first-order valence-corrected chi connectivity index (χ1v) is 13.1. The summed E-state index contributed by atoms with van der Waals surface area (Å²) < 4.78 is 11.0. The summed E-state index contributed by atoms with van der Waals surface area (Å²) in [4.78, 5) is 42.7. The van der Waals surface area contributed by atoms with Gasteiger partial charge in [-0.3, -0.25) is 9.59 Å². The first kappa shape index (κ1) is 27.5. The van der Waals surface area contributed by atoms with Crippen LogP contribution in [0, 0.1) is 5.41 Å². The number of esters is 2. The van der Waals surface area contributed by atoms with Crippen molar-refractivity contribution >= 4 is 17.7 Å². The van der Waals surface area contributed by atoms with Gasteiger partial charge in [0.25, 0.3) is 5.78 Å². The SMILES string of the molecule is CCOC(=O)C(=O)C(C(=O)OCC)(C(c1ccccc1)c1ccccc1)C(c1ccccc1)c1ccccc1. The maximum atomic E-state index is 14.7. The Hall–Kier alpha value is -4.51. The smallest absolute Gasteiger partial charge is 0.375 e. The second-order valence-corrected chi connectivity index (χ2v) is 9.15. The topological polar surface area (TPSA) is 69.7 Å². The van der Waals surface area contributed by atoms with E-state index in [0.717, 1.165) is 0 Å². The highest BCUT2D eigenvalue weighted by Gasteiger charge is 2.62. The van der Waals surface area contributed by atoms with Gasteiger partial charge in [-0.1, -0.05) is 121 Å². The molecule has 0 fully saturated rings. The summed E-state index contributed by atoms with van der Waals surface area (Å²) in [5.74, 6) is -4.54. The van der Waals surface area contributed by atoms with Gasteiger partial charge in [-0.2, -0.15) is 0 Å². The molecule has 0 amide bonds. The van der Waals surface area contributed by atoms with Gasteiger partial charge in [-0.05, 0) is 36.1 Å². The number of carbonyl (C=O) groups excluding carboxylic acids is 3. The minimum atomic E-state index is -2.03. The van der Waals surface area contributed by atoms with Crippen molar-refractivity contribution in [2.45, 2.75) is 25.7 Å². The Bertz CT molecular complexity index is 1210. The molecule has 0 aliphatic carbocycles. The Kier molecular flexibility index (Phi) is 9.06. The average molecular weight is 521 g/mol. The van der Waals surface area contributed by atoms with E-state index < -0.39 is 35.0 Å². The maximum absolute atomic E-state index is 14.7. The highest BCUT2D eigenvalue weighted by molar-refractivity contribution is 6.40. The van der Waals surface area contributed by atoms with Crippen LogP contribution < -0.4 is 0 Å². The van der Waals surface area contributed by atoms with Gasteiger partial charge in [-0.15, -0.1) is 0 Å². The van der Waals surface area contributed by atoms with Crippen molar-refractivity contribution in [3.63, 3.8) is 0 Å². The van der Waals surface area contributed by atoms with Crippen molar-refractivity contribution in [2.75, 3.05) is 13.2 Å². The fourth-order valence-corrected chi connectivity index (χ4v) is 5.39. The minimum absolute atomic E-state index is 0.00778. The molecule has 39 heavy (non-hydrogen) atoms. The minimum Gasteiger partial charge on any atom is -0.465 e. The van der Waals surface area contributed by atoms with Crippen molar-refractivity contribution in [3.05, 3.63) is 144 Å². The molecule has 0 unspecified atom stereocenters. The summed E-state index contributed by atoms with van der Waals surface area (Å²) in [5, 5.41) is 0. The first-order chi connectivity index (χ1) is 19.1. The van der Waals surface area contributed by atoms with Crippen LogP contribution in [0.4, 0.5) is 0 Å². The number of hydrogen-bond donors (Lipinski definition) is 0. The number of Topliss-reactive ketones (excluding diaryl/α,β-unsaturated/α-hetero) is 1. The Morgan fingerprint density at radius 2 is 0.846 bits per heavy atom. The first-order valence-electron chi connectivity index (χ1n) is 13.1. The molecule has 0 radical (unpaired) electrons. The maximum Gasteiger partial charge on any atom is 0.375 e. The van der Waals surface area contributed by atoms with Gasteiger partial charge in [0.05, 0.1) is 13.2 Å². The zero-order valence-corrected chi connectivity index (χ0v) is 22.2. The number of rotatable bonds is 11. The predicted octanol–water partition coefficient (Wildman–Crippen LogP) is 6.33. The lowest BCUT2D eigenvalue weighted by atomic mass is 9.56. The lowest BCUT2D eigenvalue weighted by molar-refractivity contribution is -0.171. The van der Waals surface area contributed by atoms with Crippen molar-refractivity contribution < 1.29 is 23.9 Å². The van der Waals surface area contributed by atoms with Crippen LogP contribution in [-0.4, -0.2) is 30.9 Å². The molecule has 0 aliphatic rings. The third kappa shape index (κ3) is 5.53. The van der Waals surface area contributed by atoms with Gasteiger partial charge in [0.2, 0.25) is 0 Å². The van der Waals surface area contributed by atoms with E-state index in [1.807, 2.05) is 121 Å². The molecule has 0 saturated carbocycles. The largest absolute Gasteiger partial charge is 0.465 e. The Morgan fingerprint density at radius 1 is 0.538 bits per heavy atom. The lowest BCUT2D eigenvalue weighted by Crippen LogP contribution is -2.53. The van der Waals surface area contributed by atoms with Gasteiger partial charge in [0, 0.05) is 11.8 Å². The monoisotopic (exact) mass is 520 g/mol. The second kappa shape index (κ2) is 12.8. The molecule has 4 aromatic rings. The summed E-state index contributed by atoms with van der Waals surface area (Å²) in [6, 6.07) is 37.3. The van der Waals surface area contributed by atoms with Crippen LogP contribution in [0.25, 0.3) is 0 Å². The molecule has 5 heteroatoms. The van der Waals surface area contributed by atoms with E-state index in [4.69, 9.17) is 9.47 Å². The van der Waals surface area contributed by atoms with E-state index >= 15 is 0 Å². The van der Waals surface area contributed by atoms with Crippen molar-refractivity contribution in [1.82, 2.24) is 0 Å². The zero-order valence-electron chi connectivity index (χ0n) is 22.2. The van der Waals surface area contributed by atoms with Gasteiger partial charge in [0.1, 0.15) is 0 Å². The van der Waals surface area contributed by atoms with Crippen LogP contribution >= 0.6 is 0 Å². The Labute approximate surface area is 229 Å². The summed E-state index contributed by atoms with van der Waals surface area (Å²) in [7, 11) is 0. The summed E-state index contributed by atoms with van der Waals surface area (Å²) in [6.45, 7) is 3.35. The highest BCUT2D eigenvalue weighted by atomic mass is 16.5. The molecule has 4 rings (SSSR count). The van der Waals surface area contributed by atoms with Gasteiger partial charge in [0.15, 0.2) is 5.41 Å². The van der Waals surface area contributed by atoms with Crippen LogP contribution in [0.2, 0.25) is 0 Å². The van der Waals surface area contributed by atoms with Crippen molar-refractivity contribution in [3.8, 4) is 0 Å². The molecule has 0 aliphatic heterocycles. The van der Waals surface area contributed by atoms with E-state index in [9.17, 15) is 14.4 Å². The Morgan fingerprint density at radius 3 is 1.13 bits per heavy atom. The quantitative estimate of drug-likeness (QED) is 0.131. The molecule has 4 aromatic carbocycles. The Balaban J connectivity index is 2.19. The molecule has 0 spiro atoms. The molecule has 0 saturated heterocycles. The number of carbonyl (C=O) groups is 3. The average Bonchev–Trinajstić information content (AvgIpc) is 2.98. The van der Waals surface area contributed by atoms with E-state index in [1.54, 1.807) is 13.8 Å². The van der Waals surface area contributed by atoms with Crippen LogP contribution in [0.5, 0.6) is 0 Å². The fraction of sp³-hybridized carbons (Fsp3) is 0.206. The molecular weight excluding hydrogens is 488 g/mol. The van der Waals surface area contributed by atoms with E-state index in [0.29, 0.717) is 22.3 Å². The summed E-state index contributed by atoms with van der Waals surface area (Å²) in [5.41, 5.74) is 0.767. The third-order valence-corrected chi connectivity index (χ3v) is 6.89. The van der Waals surface area contributed by atoms with Crippen LogP contribution in [-0.2, 0) is 23.9 Å². The molecule has 0 heterocycles. The number of ketones is 1. The van der Waals surface area contributed by atoms with Gasteiger partial charge in [-0.25, -0.2) is 4.79 Å². The zero-order chi connectivity index (χ0) is 27.7. The number of benzene rings is 4. The van der Waals surface area contributed by atoms with Crippen molar-refractivity contribution in [2.24, 2.45) is 5.41 Å². The fourth-order valence-electron chi connectivity index (χ4n) is 5.39. The molecule has 5 nitrogen and oxygen atoms in total. The highest BCUT2D eigenvalue weighted by Crippen LogP contribution is 2.54. The third-order valence-electron chi connectivity index (χ3n) is 6.89. The second-order valence-electron chi connectivity index (χ2n) is 9.15. The van der Waals surface area contributed by atoms with E-state index in [1.165, 1.54) is 0 Å². The van der Waals surface area contributed by atoms with Gasteiger partial charge < -0.3 is 9.47 Å². The molecular formula is C34H32O5.